The molecule has 2 unspecified atom stereocenters. The van der Waals surface area contributed by atoms with Crippen molar-refractivity contribution in [2.24, 2.45) is 22.2 Å². The fraction of sp³-hybridized carbons (Fsp3) is 0.435. The van der Waals surface area contributed by atoms with Gasteiger partial charge >= 0.3 is 0 Å². The number of carbonyl (C=O) groups excluding carboxylic acids is 1. The number of carbonyl (C=O) groups is 1. The third kappa shape index (κ3) is 2.21. The van der Waals surface area contributed by atoms with Crippen LogP contribution in [0, 0.1) is 67.5 Å². The minimum absolute atomic E-state index is 0.0148. The molecule has 3 aliphatic rings. The van der Waals surface area contributed by atoms with Gasteiger partial charge in [-0.15, -0.1) is 0 Å². The van der Waals surface area contributed by atoms with E-state index in [9.17, 15) is 25.8 Å². The molecule has 29 heavy (non-hydrogen) atoms. The highest BCUT2D eigenvalue weighted by Crippen LogP contribution is 2.63. The summed E-state index contributed by atoms with van der Waals surface area (Å²) < 4.78 is 5.26. The Morgan fingerprint density at radius 3 is 2.45 bits per heavy atom. The smallest absolute Gasteiger partial charge is 0.182 e. The Hall–Kier alpha value is -3.61. The largest absolute Gasteiger partial charge is 0.497 e. The van der Waals surface area contributed by atoms with Crippen LogP contribution in [0.4, 0.5) is 0 Å². The fourth-order valence-electron chi connectivity index (χ4n) is 5.42. The Morgan fingerprint density at radius 1 is 1.10 bits per heavy atom. The summed E-state index contributed by atoms with van der Waals surface area (Å²) in [6.07, 6.45) is 3.95. The molecule has 6 nitrogen and oxygen atoms in total. The molecule has 1 fully saturated rings. The van der Waals surface area contributed by atoms with E-state index in [0.29, 0.717) is 37.0 Å². The van der Waals surface area contributed by atoms with E-state index in [2.05, 4.69) is 0 Å². The number of methoxy groups -OCH3 is 1. The van der Waals surface area contributed by atoms with Gasteiger partial charge in [-0.25, -0.2) is 0 Å². The number of nitrogens with zero attached hydrogens (tertiary/aromatic N) is 4. The SMILES string of the molecule is COc1ccc2c(c1)CCC1(CC3=CCC(C#N)(C#N)C(C#N)(C#N)C3C1)C2=O. The van der Waals surface area contributed by atoms with Crippen LogP contribution in [0.25, 0.3) is 0 Å². The van der Waals surface area contributed by atoms with E-state index in [4.69, 9.17) is 4.74 Å². The van der Waals surface area contributed by atoms with Gasteiger partial charge in [0.1, 0.15) is 5.75 Å². The van der Waals surface area contributed by atoms with Gasteiger partial charge in [0, 0.05) is 23.3 Å². The Balaban J connectivity index is 1.79. The average molecular weight is 382 g/mol. The number of allylic oxidation sites excluding steroid dienone is 2. The quantitative estimate of drug-likeness (QED) is 0.684. The van der Waals surface area contributed by atoms with Crippen LogP contribution in [0.2, 0.25) is 0 Å². The number of benzene rings is 1. The monoisotopic (exact) mass is 382 g/mol. The standard InChI is InChI=1S/C23H18N4O2/c1-29-17-2-3-18-15(8-17)4-6-21(20(18)28)9-16-5-7-22(11-24,12-25)23(13-26,14-27)19(16)10-21/h2-3,5,8,19H,4,6-7,9-10H2,1H3. The molecule has 0 saturated heterocycles. The van der Waals surface area contributed by atoms with Gasteiger partial charge in [-0.3, -0.25) is 4.79 Å². The van der Waals surface area contributed by atoms with Crippen LogP contribution in [-0.2, 0) is 6.42 Å². The van der Waals surface area contributed by atoms with E-state index in [1.165, 1.54) is 0 Å². The molecule has 2 atom stereocenters. The molecular formula is C23H18N4O2. The zero-order valence-electron chi connectivity index (χ0n) is 16.0. The number of Topliss-reactive ketones (excluding diaryl/α,β-unsaturated/α-hetero) is 1. The highest BCUT2D eigenvalue weighted by molar-refractivity contribution is 6.03. The lowest BCUT2D eigenvalue weighted by Crippen LogP contribution is -2.46. The lowest BCUT2D eigenvalue weighted by Gasteiger charge is -2.40. The van der Waals surface area contributed by atoms with Gasteiger partial charge in [0.2, 0.25) is 0 Å². The highest BCUT2D eigenvalue weighted by Gasteiger charge is 2.66. The second-order valence-corrected chi connectivity index (χ2v) is 8.21. The van der Waals surface area contributed by atoms with Crippen molar-refractivity contribution in [1.82, 2.24) is 0 Å². The summed E-state index contributed by atoms with van der Waals surface area (Å²) in [5, 5.41) is 39.3. The fourth-order valence-corrected chi connectivity index (χ4v) is 5.42. The van der Waals surface area contributed by atoms with Crippen molar-refractivity contribution in [3.63, 3.8) is 0 Å². The zero-order valence-corrected chi connectivity index (χ0v) is 16.0. The first-order chi connectivity index (χ1) is 13.9. The molecule has 0 amide bonds. The molecule has 142 valence electrons. The summed E-state index contributed by atoms with van der Waals surface area (Å²) in [7, 11) is 1.59. The number of nitriles is 4. The third-order valence-electron chi connectivity index (χ3n) is 7.10. The number of aryl methyl sites for hydroxylation is 1. The summed E-state index contributed by atoms with van der Waals surface area (Å²) >= 11 is 0. The number of hydrogen-bond acceptors (Lipinski definition) is 6. The second-order valence-electron chi connectivity index (χ2n) is 8.21. The van der Waals surface area contributed by atoms with Crippen LogP contribution in [0.1, 0.15) is 41.6 Å². The first kappa shape index (κ1) is 18.7. The molecule has 0 aliphatic heterocycles. The predicted octanol–water partition coefficient (Wildman–Crippen LogP) is 3.62. The van der Waals surface area contributed by atoms with Gasteiger partial charge in [-0.05, 0) is 49.4 Å². The molecule has 1 spiro atoms. The minimum Gasteiger partial charge on any atom is -0.497 e. The van der Waals surface area contributed by atoms with Crippen molar-refractivity contribution in [2.45, 2.75) is 32.1 Å². The van der Waals surface area contributed by atoms with Crippen molar-refractivity contribution >= 4 is 5.78 Å². The zero-order chi connectivity index (χ0) is 20.9. The summed E-state index contributed by atoms with van der Waals surface area (Å²) in [6.45, 7) is 0. The molecule has 1 aromatic rings. The molecule has 0 bridgehead atoms. The molecule has 6 heteroatoms. The molecular weight excluding hydrogens is 364 g/mol. The summed E-state index contributed by atoms with van der Waals surface area (Å²) in [5.74, 6) is 0.131. The lowest BCUT2D eigenvalue weighted by molar-refractivity contribution is 0.0737. The minimum atomic E-state index is -1.77. The third-order valence-corrected chi connectivity index (χ3v) is 7.10. The molecule has 4 rings (SSSR count). The van der Waals surface area contributed by atoms with Crippen LogP contribution < -0.4 is 4.74 Å². The molecule has 3 aliphatic carbocycles. The number of ether oxygens (including phenoxy) is 1. The molecule has 0 aromatic heterocycles. The van der Waals surface area contributed by atoms with E-state index in [-0.39, 0.29) is 12.2 Å². The van der Waals surface area contributed by atoms with Crippen LogP contribution in [0.3, 0.4) is 0 Å². The topological polar surface area (TPSA) is 121 Å². The maximum atomic E-state index is 13.5. The van der Waals surface area contributed by atoms with E-state index < -0.39 is 22.2 Å². The average Bonchev–Trinajstić information content (AvgIpc) is 3.15. The molecule has 0 N–H and O–H groups in total. The van der Waals surface area contributed by atoms with Gasteiger partial charge < -0.3 is 4.74 Å². The number of ketones is 1. The number of fused-ring (bicyclic) bond motifs is 2. The summed E-state index contributed by atoms with van der Waals surface area (Å²) in [5.41, 5.74) is -1.73. The molecule has 1 saturated carbocycles. The van der Waals surface area contributed by atoms with Crippen molar-refractivity contribution in [3.8, 4) is 30.0 Å². The van der Waals surface area contributed by atoms with Crippen LogP contribution in [0.5, 0.6) is 5.75 Å². The van der Waals surface area contributed by atoms with Crippen LogP contribution >= 0.6 is 0 Å². The van der Waals surface area contributed by atoms with Gasteiger partial charge in [-0.2, -0.15) is 21.0 Å². The Bertz CT molecular complexity index is 1090. The number of rotatable bonds is 1. The van der Waals surface area contributed by atoms with E-state index >= 15 is 0 Å². The van der Waals surface area contributed by atoms with Crippen molar-refractivity contribution < 1.29 is 9.53 Å². The van der Waals surface area contributed by atoms with Crippen LogP contribution in [0.15, 0.2) is 29.8 Å². The Morgan fingerprint density at radius 2 is 1.83 bits per heavy atom. The molecule has 0 radical (unpaired) electrons. The lowest BCUT2D eigenvalue weighted by atomic mass is 9.54. The number of hydrogen-bond donors (Lipinski definition) is 0. The predicted molar refractivity (Wildman–Crippen MR) is 101 cm³/mol. The first-order valence-corrected chi connectivity index (χ1v) is 9.50. The van der Waals surface area contributed by atoms with Crippen molar-refractivity contribution in [3.05, 3.63) is 41.0 Å². The van der Waals surface area contributed by atoms with Crippen molar-refractivity contribution in [1.29, 1.82) is 21.0 Å². The maximum Gasteiger partial charge on any atom is 0.182 e. The Kier molecular flexibility index (Phi) is 4.01. The molecule has 0 heterocycles. The normalized spacial score (nSPS) is 28.0. The van der Waals surface area contributed by atoms with Gasteiger partial charge in [0.05, 0.1) is 31.4 Å². The van der Waals surface area contributed by atoms with E-state index in [1.54, 1.807) is 19.2 Å². The maximum absolute atomic E-state index is 13.5. The first-order valence-electron chi connectivity index (χ1n) is 9.50. The van der Waals surface area contributed by atoms with Gasteiger partial charge in [0.25, 0.3) is 0 Å². The summed E-state index contributed by atoms with van der Waals surface area (Å²) in [6, 6.07) is 13.4. The summed E-state index contributed by atoms with van der Waals surface area (Å²) in [4.78, 5) is 13.5. The van der Waals surface area contributed by atoms with E-state index in [0.717, 1.165) is 11.1 Å². The van der Waals surface area contributed by atoms with Crippen molar-refractivity contribution in [2.75, 3.05) is 7.11 Å². The molecule has 1 aromatic carbocycles. The second kappa shape index (κ2) is 6.20. The van der Waals surface area contributed by atoms with Gasteiger partial charge in [0.15, 0.2) is 16.6 Å². The van der Waals surface area contributed by atoms with E-state index in [1.807, 2.05) is 36.4 Å². The van der Waals surface area contributed by atoms with Crippen LogP contribution in [-0.4, -0.2) is 12.9 Å². The van der Waals surface area contributed by atoms with Gasteiger partial charge in [-0.1, -0.05) is 11.6 Å². The Labute approximate surface area is 169 Å². The highest BCUT2D eigenvalue weighted by atomic mass is 16.5.